The molecule has 0 bridgehead atoms. The topological polar surface area (TPSA) is 74.6 Å². The summed E-state index contributed by atoms with van der Waals surface area (Å²) in [6, 6.07) is 5.67. The van der Waals surface area contributed by atoms with E-state index in [9.17, 15) is 18.6 Å². The standard InChI is InChI=1S/C16H18O4S/c1-9-7-13(17)8-10(2)16(9)21(19,20)15-6-5-14(18)11(3)12(15)4/h5-8,17-18H,1-4H3. The number of rotatable bonds is 2. The van der Waals surface area contributed by atoms with Crippen molar-refractivity contribution in [1.82, 2.24) is 0 Å². The van der Waals surface area contributed by atoms with Gasteiger partial charge in [0.2, 0.25) is 9.84 Å². The summed E-state index contributed by atoms with van der Waals surface area (Å²) in [4.78, 5) is 0.378. The average molecular weight is 306 g/mol. The Hall–Kier alpha value is -2.01. The summed E-state index contributed by atoms with van der Waals surface area (Å²) in [6.07, 6.45) is 0. The molecule has 0 amide bonds. The van der Waals surface area contributed by atoms with E-state index in [-0.39, 0.29) is 21.3 Å². The maximum absolute atomic E-state index is 12.9. The van der Waals surface area contributed by atoms with Gasteiger partial charge in [-0.15, -0.1) is 0 Å². The molecular weight excluding hydrogens is 288 g/mol. The first-order valence-electron chi connectivity index (χ1n) is 6.50. The van der Waals surface area contributed by atoms with Crippen molar-refractivity contribution in [2.75, 3.05) is 0 Å². The molecule has 0 aliphatic rings. The van der Waals surface area contributed by atoms with Crippen LogP contribution in [0.5, 0.6) is 11.5 Å². The molecule has 0 unspecified atom stereocenters. The second-order valence-electron chi connectivity index (χ2n) is 5.24. The molecule has 0 aliphatic heterocycles. The molecule has 0 aliphatic carbocycles. The van der Waals surface area contributed by atoms with Crippen molar-refractivity contribution in [3.63, 3.8) is 0 Å². The number of aromatic hydroxyl groups is 2. The zero-order chi connectivity index (χ0) is 15.9. The number of sulfone groups is 1. The van der Waals surface area contributed by atoms with E-state index in [1.54, 1.807) is 27.7 Å². The minimum Gasteiger partial charge on any atom is -0.508 e. The van der Waals surface area contributed by atoms with Gasteiger partial charge in [-0.3, -0.25) is 0 Å². The van der Waals surface area contributed by atoms with Gasteiger partial charge < -0.3 is 10.2 Å². The zero-order valence-corrected chi connectivity index (χ0v) is 13.2. The lowest BCUT2D eigenvalue weighted by Gasteiger charge is -2.15. The summed E-state index contributed by atoms with van der Waals surface area (Å²) in [5, 5.41) is 19.2. The van der Waals surface area contributed by atoms with Crippen molar-refractivity contribution in [3.05, 3.63) is 46.5 Å². The maximum Gasteiger partial charge on any atom is 0.207 e. The van der Waals surface area contributed by atoms with Gasteiger partial charge in [-0.25, -0.2) is 8.42 Å². The van der Waals surface area contributed by atoms with Gasteiger partial charge in [0.05, 0.1) is 9.79 Å². The Labute approximate surface area is 124 Å². The Morgan fingerprint density at radius 1 is 0.857 bits per heavy atom. The van der Waals surface area contributed by atoms with Crippen LogP contribution in [0.1, 0.15) is 22.3 Å². The highest BCUT2D eigenvalue weighted by Gasteiger charge is 2.25. The van der Waals surface area contributed by atoms with Gasteiger partial charge in [0.1, 0.15) is 11.5 Å². The van der Waals surface area contributed by atoms with Crippen LogP contribution in [0.4, 0.5) is 0 Å². The molecule has 2 aromatic carbocycles. The lowest BCUT2D eigenvalue weighted by Crippen LogP contribution is -2.09. The van der Waals surface area contributed by atoms with Crippen LogP contribution >= 0.6 is 0 Å². The fourth-order valence-electron chi connectivity index (χ4n) is 2.53. The first-order chi connectivity index (χ1) is 9.66. The van der Waals surface area contributed by atoms with Crippen molar-refractivity contribution < 1.29 is 18.6 Å². The maximum atomic E-state index is 12.9. The fourth-order valence-corrected chi connectivity index (χ4v) is 4.52. The van der Waals surface area contributed by atoms with E-state index in [4.69, 9.17) is 0 Å². The lowest BCUT2D eigenvalue weighted by atomic mass is 10.1. The van der Waals surface area contributed by atoms with E-state index in [0.29, 0.717) is 22.3 Å². The SMILES string of the molecule is Cc1cc(O)cc(C)c1S(=O)(=O)c1ccc(O)c(C)c1C. The molecule has 2 rings (SSSR count). The van der Waals surface area contributed by atoms with Gasteiger partial charge in [0, 0.05) is 0 Å². The third-order valence-corrected chi connectivity index (χ3v) is 5.91. The number of phenols is 2. The van der Waals surface area contributed by atoms with E-state index in [2.05, 4.69) is 0 Å². The van der Waals surface area contributed by atoms with Crippen LogP contribution in [0.15, 0.2) is 34.1 Å². The second-order valence-corrected chi connectivity index (χ2v) is 7.10. The predicted octanol–water partition coefficient (Wildman–Crippen LogP) is 3.16. The van der Waals surface area contributed by atoms with Crippen molar-refractivity contribution in [2.24, 2.45) is 0 Å². The lowest BCUT2D eigenvalue weighted by molar-refractivity contribution is 0.469. The predicted molar refractivity (Wildman–Crippen MR) is 80.6 cm³/mol. The molecule has 5 heteroatoms. The number of phenolic OH excluding ortho intramolecular Hbond substituents is 2. The normalized spacial score (nSPS) is 11.6. The van der Waals surface area contributed by atoms with Crippen LogP contribution in [0.3, 0.4) is 0 Å². The molecule has 0 heterocycles. The van der Waals surface area contributed by atoms with E-state index >= 15 is 0 Å². The molecule has 0 saturated carbocycles. The summed E-state index contributed by atoms with van der Waals surface area (Å²) in [6.45, 7) is 6.66. The van der Waals surface area contributed by atoms with Crippen LogP contribution < -0.4 is 0 Å². The van der Waals surface area contributed by atoms with Gasteiger partial charge in [0.25, 0.3) is 0 Å². The molecule has 2 N–H and O–H groups in total. The highest BCUT2D eigenvalue weighted by atomic mass is 32.2. The van der Waals surface area contributed by atoms with Gasteiger partial charge in [-0.05, 0) is 74.2 Å². The average Bonchev–Trinajstić information content (AvgIpc) is 2.33. The molecule has 4 nitrogen and oxygen atoms in total. The van der Waals surface area contributed by atoms with E-state index in [0.717, 1.165) is 0 Å². The summed E-state index contributed by atoms with van der Waals surface area (Å²) < 4.78 is 25.8. The molecule has 0 aromatic heterocycles. The minimum atomic E-state index is -3.71. The monoisotopic (exact) mass is 306 g/mol. The summed E-state index contributed by atoms with van der Waals surface area (Å²) >= 11 is 0. The Bertz CT molecular complexity index is 797. The third-order valence-electron chi connectivity index (χ3n) is 3.71. The molecule has 0 atom stereocenters. The molecule has 0 spiro atoms. The van der Waals surface area contributed by atoms with Gasteiger partial charge in [0.15, 0.2) is 0 Å². The van der Waals surface area contributed by atoms with Crippen molar-refractivity contribution in [2.45, 2.75) is 37.5 Å². The molecule has 112 valence electrons. The molecular formula is C16H18O4S. The smallest absolute Gasteiger partial charge is 0.207 e. The quantitative estimate of drug-likeness (QED) is 0.893. The van der Waals surface area contributed by atoms with Crippen molar-refractivity contribution in [3.8, 4) is 11.5 Å². The Balaban J connectivity index is 2.78. The van der Waals surface area contributed by atoms with Crippen molar-refractivity contribution in [1.29, 1.82) is 0 Å². The zero-order valence-electron chi connectivity index (χ0n) is 12.4. The number of benzene rings is 2. The first-order valence-corrected chi connectivity index (χ1v) is 7.99. The highest BCUT2D eigenvalue weighted by molar-refractivity contribution is 7.91. The van der Waals surface area contributed by atoms with Gasteiger partial charge in [-0.1, -0.05) is 0 Å². The van der Waals surface area contributed by atoms with Crippen LogP contribution in [-0.4, -0.2) is 18.6 Å². The van der Waals surface area contributed by atoms with Crippen LogP contribution in [0.25, 0.3) is 0 Å². The number of hydrogen-bond donors (Lipinski definition) is 2. The van der Waals surface area contributed by atoms with E-state index in [1.807, 2.05) is 0 Å². The Morgan fingerprint density at radius 3 is 1.90 bits per heavy atom. The fraction of sp³-hybridized carbons (Fsp3) is 0.250. The second kappa shape index (κ2) is 5.07. The van der Waals surface area contributed by atoms with Crippen molar-refractivity contribution >= 4 is 9.84 Å². The minimum absolute atomic E-state index is 0.0440. The van der Waals surface area contributed by atoms with E-state index in [1.165, 1.54) is 24.3 Å². The Morgan fingerprint density at radius 2 is 1.38 bits per heavy atom. The summed E-state index contributed by atoms with van der Waals surface area (Å²) in [7, 11) is -3.71. The van der Waals surface area contributed by atoms with Crippen LogP contribution in [0, 0.1) is 27.7 Å². The van der Waals surface area contributed by atoms with Crippen LogP contribution in [-0.2, 0) is 9.84 Å². The molecule has 0 radical (unpaired) electrons. The number of hydrogen-bond acceptors (Lipinski definition) is 4. The van der Waals surface area contributed by atoms with Gasteiger partial charge in [-0.2, -0.15) is 0 Å². The highest BCUT2D eigenvalue weighted by Crippen LogP contribution is 2.34. The molecule has 0 fully saturated rings. The number of aryl methyl sites for hydroxylation is 2. The Kier molecular flexibility index (Phi) is 3.72. The largest absolute Gasteiger partial charge is 0.508 e. The summed E-state index contributed by atoms with van der Waals surface area (Å²) in [5.41, 5.74) is 2.07. The van der Waals surface area contributed by atoms with Crippen LogP contribution in [0.2, 0.25) is 0 Å². The first kappa shape index (κ1) is 15.4. The van der Waals surface area contributed by atoms with Gasteiger partial charge >= 0.3 is 0 Å². The molecule has 2 aromatic rings. The molecule has 21 heavy (non-hydrogen) atoms. The third kappa shape index (κ3) is 2.49. The van der Waals surface area contributed by atoms with E-state index < -0.39 is 9.84 Å². The molecule has 0 saturated heterocycles. The summed E-state index contributed by atoms with van der Waals surface area (Å²) in [5.74, 6) is 0.119.